The molecule has 1 unspecified atom stereocenters. The molecule has 1 atom stereocenters. The highest BCUT2D eigenvalue weighted by molar-refractivity contribution is 6.14. The Hall–Kier alpha value is -1.89. The van der Waals surface area contributed by atoms with Crippen molar-refractivity contribution >= 4 is 17.3 Å². The highest BCUT2D eigenvalue weighted by atomic mass is 19.2. The van der Waals surface area contributed by atoms with Crippen LogP contribution in [0.25, 0.3) is 0 Å². The Morgan fingerprint density at radius 3 is 2.44 bits per heavy atom. The molecule has 18 heavy (non-hydrogen) atoms. The van der Waals surface area contributed by atoms with Gasteiger partial charge in [0.25, 0.3) is 5.91 Å². The zero-order valence-corrected chi connectivity index (χ0v) is 9.45. The summed E-state index contributed by atoms with van der Waals surface area (Å²) in [4.78, 5) is 11.8. The van der Waals surface area contributed by atoms with Gasteiger partial charge in [0.05, 0.1) is 5.92 Å². The second kappa shape index (κ2) is 4.41. The van der Waals surface area contributed by atoms with Gasteiger partial charge in [0.15, 0.2) is 17.5 Å². The van der Waals surface area contributed by atoms with Crippen LogP contribution in [-0.4, -0.2) is 18.2 Å². The zero-order valence-electron chi connectivity index (χ0n) is 9.45. The van der Waals surface area contributed by atoms with Crippen LogP contribution in [0.15, 0.2) is 17.2 Å². The molecule has 0 aromatic heterocycles. The monoisotopic (exact) mass is 257 g/mol. The van der Waals surface area contributed by atoms with E-state index < -0.39 is 35.0 Å². The number of nitrogens with zero attached hydrogens (tertiary/aromatic N) is 2. The molecule has 4 nitrogen and oxygen atoms in total. The van der Waals surface area contributed by atoms with E-state index in [-0.39, 0.29) is 6.54 Å². The predicted octanol–water partition coefficient (Wildman–Crippen LogP) is 1.40. The maximum Gasteiger partial charge on any atom is 0.257 e. The Labute approximate surface area is 101 Å². The van der Waals surface area contributed by atoms with E-state index in [4.69, 9.17) is 5.73 Å². The van der Waals surface area contributed by atoms with Gasteiger partial charge in [0.1, 0.15) is 5.69 Å². The van der Waals surface area contributed by atoms with Gasteiger partial charge >= 0.3 is 0 Å². The van der Waals surface area contributed by atoms with Gasteiger partial charge < -0.3 is 5.73 Å². The van der Waals surface area contributed by atoms with Crippen molar-refractivity contribution < 1.29 is 18.0 Å². The summed E-state index contributed by atoms with van der Waals surface area (Å²) >= 11 is 0. The Kier molecular flexibility index (Phi) is 3.08. The first kappa shape index (κ1) is 12.6. The number of hydrazone groups is 1. The number of hydrogen-bond acceptors (Lipinski definition) is 3. The van der Waals surface area contributed by atoms with Crippen molar-refractivity contribution in [3.63, 3.8) is 0 Å². The smallest absolute Gasteiger partial charge is 0.257 e. The SMILES string of the molecule is CC1=NN(c2cc(F)c(F)cc2F)C(=O)C1CN. The lowest BCUT2D eigenvalue weighted by molar-refractivity contribution is -0.119. The summed E-state index contributed by atoms with van der Waals surface area (Å²) in [6.07, 6.45) is 0. The molecule has 96 valence electrons. The Morgan fingerprint density at radius 2 is 1.89 bits per heavy atom. The largest absolute Gasteiger partial charge is 0.329 e. The fraction of sp³-hybridized carbons (Fsp3) is 0.273. The van der Waals surface area contributed by atoms with E-state index in [1.54, 1.807) is 6.92 Å². The van der Waals surface area contributed by atoms with Crippen LogP contribution in [0, 0.1) is 23.4 Å². The molecular weight excluding hydrogens is 247 g/mol. The highest BCUT2D eigenvalue weighted by Crippen LogP contribution is 2.27. The number of benzene rings is 1. The molecule has 0 saturated carbocycles. The quantitative estimate of drug-likeness (QED) is 0.814. The molecule has 1 heterocycles. The van der Waals surface area contributed by atoms with Gasteiger partial charge in [-0.2, -0.15) is 10.1 Å². The van der Waals surface area contributed by atoms with E-state index in [9.17, 15) is 18.0 Å². The van der Waals surface area contributed by atoms with Gasteiger partial charge in [-0.05, 0) is 6.92 Å². The molecule has 1 aromatic carbocycles. The topological polar surface area (TPSA) is 58.7 Å². The second-order valence-corrected chi connectivity index (χ2v) is 3.90. The standard InChI is InChI=1S/C11H10F3N3O/c1-5-6(4-15)11(18)17(16-5)10-3-8(13)7(12)2-9(10)14/h2-3,6H,4,15H2,1H3. The molecule has 7 heteroatoms. The van der Waals surface area contributed by atoms with Crippen molar-refractivity contribution in [2.45, 2.75) is 6.92 Å². The van der Waals surface area contributed by atoms with Crippen molar-refractivity contribution in [3.8, 4) is 0 Å². The fourth-order valence-corrected chi connectivity index (χ4v) is 1.72. The summed E-state index contributed by atoms with van der Waals surface area (Å²) < 4.78 is 39.4. The summed E-state index contributed by atoms with van der Waals surface area (Å²) in [5.74, 6) is -4.84. The lowest BCUT2D eigenvalue weighted by atomic mass is 10.1. The number of rotatable bonds is 2. The lowest BCUT2D eigenvalue weighted by Crippen LogP contribution is -2.32. The van der Waals surface area contributed by atoms with E-state index >= 15 is 0 Å². The Balaban J connectivity index is 2.45. The minimum absolute atomic E-state index is 0.0238. The molecule has 1 aromatic rings. The summed E-state index contributed by atoms with van der Waals surface area (Å²) in [6.45, 7) is 1.59. The van der Waals surface area contributed by atoms with E-state index in [0.717, 1.165) is 0 Å². The molecule has 0 spiro atoms. The Morgan fingerprint density at radius 1 is 1.28 bits per heavy atom. The van der Waals surface area contributed by atoms with Crippen molar-refractivity contribution in [2.24, 2.45) is 16.8 Å². The molecule has 0 radical (unpaired) electrons. The van der Waals surface area contributed by atoms with Gasteiger partial charge in [-0.15, -0.1) is 0 Å². The van der Waals surface area contributed by atoms with Crippen LogP contribution in [0.2, 0.25) is 0 Å². The zero-order chi connectivity index (χ0) is 13.4. The first-order valence-corrected chi connectivity index (χ1v) is 5.19. The molecule has 1 amide bonds. The van der Waals surface area contributed by atoms with Crippen LogP contribution in [0.1, 0.15) is 6.92 Å². The first-order chi connectivity index (χ1) is 8.45. The van der Waals surface area contributed by atoms with Crippen molar-refractivity contribution in [2.75, 3.05) is 11.6 Å². The third-order valence-electron chi connectivity index (χ3n) is 2.72. The summed E-state index contributed by atoms with van der Waals surface area (Å²) in [7, 11) is 0. The molecule has 0 bridgehead atoms. The molecule has 2 N–H and O–H groups in total. The molecule has 2 rings (SSSR count). The number of nitrogens with two attached hydrogens (primary N) is 1. The average Bonchev–Trinajstić information content (AvgIpc) is 2.59. The molecule has 1 aliphatic heterocycles. The normalized spacial score (nSPS) is 19.4. The van der Waals surface area contributed by atoms with Crippen molar-refractivity contribution in [3.05, 3.63) is 29.6 Å². The first-order valence-electron chi connectivity index (χ1n) is 5.19. The van der Waals surface area contributed by atoms with Crippen molar-refractivity contribution in [1.82, 2.24) is 0 Å². The van der Waals surface area contributed by atoms with E-state index in [2.05, 4.69) is 5.10 Å². The molecule has 0 aliphatic carbocycles. The van der Waals surface area contributed by atoms with Crippen LogP contribution in [-0.2, 0) is 4.79 Å². The Bertz CT molecular complexity index is 545. The molecule has 0 fully saturated rings. The maximum atomic E-state index is 13.5. The van der Waals surface area contributed by atoms with Gasteiger partial charge in [-0.3, -0.25) is 4.79 Å². The van der Waals surface area contributed by atoms with Gasteiger partial charge in [-0.1, -0.05) is 0 Å². The van der Waals surface area contributed by atoms with E-state index in [1.165, 1.54) is 0 Å². The van der Waals surface area contributed by atoms with Crippen LogP contribution >= 0.6 is 0 Å². The van der Waals surface area contributed by atoms with Crippen LogP contribution in [0.5, 0.6) is 0 Å². The van der Waals surface area contributed by atoms with Crippen LogP contribution in [0.4, 0.5) is 18.9 Å². The highest BCUT2D eigenvalue weighted by Gasteiger charge is 2.35. The summed E-state index contributed by atoms with van der Waals surface area (Å²) in [6, 6.07) is 0.969. The maximum absolute atomic E-state index is 13.5. The fourth-order valence-electron chi connectivity index (χ4n) is 1.72. The van der Waals surface area contributed by atoms with Crippen molar-refractivity contribution in [1.29, 1.82) is 0 Å². The van der Waals surface area contributed by atoms with E-state index in [1.807, 2.05) is 0 Å². The van der Waals surface area contributed by atoms with Gasteiger partial charge in [0, 0.05) is 24.4 Å². The van der Waals surface area contributed by atoms with Crippen LogP contribution in [0.3, 0.4) is 0 Å². The number of anilines is 1. The second-order valence-electron chi connectivity index (χ2n) is 3.90. The number of carbonyl (C=O) groups excluding carboxylic acids is 1. The third kappa shape index (κ3) is 1.86. The number of halogens is 3. The number of amides is 1. The lowest BCUT2D eigenvalue weighted by Gasteiger charge is -2.14. The van der Waals surface area contributed by atoms with Gasteiger partial charge in [-0.25, -0.2) is 13.2 Å². The summed E-state index contributed by atoms with van der Waals surface area (Å²) in [5.41, 5.74) is 5.38. The third-order valence-corrected chi connectivity index (χ3v) is 2.72. The van der Waals surface area contributed by atoms with Crippen LogP contribution < -0.4 is 10.7 Å². The average molecular weight is 257 g/mol. The molecular formula is C11H10F3N3O. The number of carbonyl (C=O) groups is 1. The molecule has 1 aliphatic rings. The van der Waals surface area contributed by atoms with Gasteiger partial charge in [0.2, 0.25) is 0 Å². The molecule has 0 saturated heterocycles. The minimum Gasteiger partial charge on any atom is -0.329 e. The predicted molar refractivity (Wildman–Crippen MR) is 59.5 cm³/mol. The minimum atomic E-state index is -1.32. The number of hydrogen-bond donors (Lipinski definition) is 1. The van der Waals surface area contributed by atoms with E-state index in [0.29, 0.717) is 22.9 Å². The summed E-state index contributed by atoms with van der Waals surface area (Å²) in [5, 5.41) is 4.53.